The van der Waals surface area contributed by atoms with Crippen molar-refractivity contribution in [3.63, 3.8) is 0 Å². The predicted molar refractivity (Wildman–Crippen MR) is 120 cm³/mol. The maximum Gasteiger partial charge on any atom is 0.193 e. The van der Waals surface area contributed by atoms with Gasteiger partial charge >= 0.3 is 0 Å². The van der Waals surface area contributed by atoms with Crippen LogP contribution in [0, 0.1) is 5.92 Å². The Morgan fingerprint density at radius 3 is 2.93 bits per heavy atom. The lowest BCUT2D eigenvalue weighted by molar-refractivity contribution is 0.189. The van der Waals surface area contributed by atoms with Gasteiger partial charge in [-0.3, -0.25) is 4.99 Å². The van der Waals surface area contributed by atoms with Gasteiger partial charge in [-0.05, 0) is 32.1 Å². The monoisotopic (exact) mass is 415 g/mol. The minimum atomic E-state index is 0.441. The quantitative estimate of drug-likeness (QED) is 0.580. The summed E-state index contributed by atoms with van der Waals surface area (Å²) in [4.78, 5) is 18.8. The number of hydrogen-bond acceptors (Lipinski definition) is 5. The zero-order chi connectivity index (χ0) is 20.1. The Hall–Kier alpha value is -2.09. The Morgan fingerprint density at radius 1 is 1.31 bits per heavy atom. The van der Waals surface area contributed by atoms with Crippen molar-refractivity contribution in [2.75, 3.05) is 44.2 Å². The number of imidazole rings is 1. The molecule has 2 aliphatic heterocycles. The number of piperidine rings is 1. The van der Waals surface area contributed by atoms with E-state index in [0.717, 1.165) is 51.6 Å². The highest BCUT2D eigenvalue weighted by Gasteiger charge is 2.28. The highest BCUT2D eigenvalue weighted by Crippen LogP contribution is 2.27. The van der Waals surface area contributed by atoms with E-state index < -0.39 is 0 Å². The Balaban J connectivity index is 1.37. The van der Waals surface area contributed by atoms with Gasteiger partial charge in [0.1, 0.15) is 0 Å². The molecule has 2 atom stereocenters. The van der Waals surface area contributed by atoms with Gasteiger partial charge in [-0.15, -0.1) is 11.3 Å². The van der Waals surface area contributed by atoms with Crippen molar-refractivity contribution < 1.29 is 0 Å². The van der Waals surface area contributed by atoms with Crippen molar-refractivity contribution in [2.45, 2.75) is 45.6 Å². The number of aliphatic imine (C=N–C) groups is 1. The molecule has 0 aliphatic carbocycles. The standard InChI is InChI=1S/C21H33N7S/c1-3-23-20(27-12-7-17(2)19(14-27)28-13-9-22-16-28)24-8-6-18-15-29-21(25-18)26-10-4-5-11-26/h9,13,15-17,19H,3-8,10-12,14H2,1-2H3,(H,23,24). The van der Waals surface area contributed by atoms with E-state index in [1.165, 1.54) is 30.1 Å². The maximum absolute atomic E-state index is 4.94. The molecule has 4 heterocycles. The summed E-state index contributed by atoms with van der Waals surface area (Å²) in [7, 11) is 0. The van der Waals surface area contributed by atoms with Crippen molar-refractivity contribution in [3.05, 3.63) is 29.8 Å². The van der Waals surface area contributed by atoms with E-state index in [2.05, 4.69) is 50.1 Å². The molecule has 8 heteroatoms. The van der Waals surface area contributed by atoms with Crippen molar-refractivity contribution in [1.82, 2.24) is 24.8 Å². The second-order valence-electron chi connectivity index (χ2n) is 8.09. The van der Waals surface area contributed by atoms with E-state index in [0.29, 0.717) is 12.0 Å². The lowest BCUT2D eigenvalue weighted by Crippen LogP contribution is -2.49. The molecule has 2 unspecified atom stereocenters. The van der Waals surface area contributed by atoms with Gasteiger partial charge in [-0.25, -0.2) is 9.97 Å². The lowest BCUT2D eigenvalue weighted by Gasteiger charge is -2.39. The number of thiazole rings is 1. The highest BCUT2D eigenvalue weighted by molar-refractivity contribution is 7.13. The summed E-state index contributed by atoms with van der Waals surface area (Å²) in [5.74, 6) is 1.67. The molecule has 0 saturated carbocycles. The third-order valence-electron chi connectivity index (χ3n) is 6.01. The van der Waals surface area contributed by atoms with E-state index in [4.69, 9.17) is 9.98 Å². The van der Waals surface area contributed by atoms with Crippen LogP contribution in [0.2, 0.25) is 0 Å². The molecule has 0 bridgehead atoms. The molecule has 2 aliphatic rings. The summed E-state index contributed by atoms with van der Waals surface area (Å²) in [6.45, 7) is 10.5. The third-order valence-corrected chi connectivity index (χ3v) is 6.96. The SMILES string of the molecule is CCNC(=NCCc1csc(N2CCCC2)n1)N1CCC(C)C(n2ccnc2)C1. The Kier molecular flexibility index (Phi) is 6.69. The molecule has 0 radical (unpaired) electrons. The molecule has 0 spiro atoms. The Bertz CT molecular complexity index is 779. The minimum absolute atomic E-state index is 0.441. The van der Waals surface area contributed by atoms with E-state index >= 15 is 0 Å². The van der Waals surface area contributed by atoms with Crippen molar-refractivity contribution in [1.29, 1.82) is 0 Å². The van der Waals surface area contributed by atoms with Crippen LogP contribution in [0.3, 0.4) is 0 Å². The van der Waals surface area contributed by atoms with E-state index in [-0.39, 0.29) is 0 Å². The topological polar surface area (TPSA) is 61.6 Å². The van der Waals surface area contributed by atoms with Crippen LogP contribution in [0.5, 0.6) is 0 Å². The number of anilines is 1. The molecule has 2 aromatic heterocycles. The average molecular weight is 416 g/mol. The Morgan fingerprint density at radius 2 is 2.17 bits per heavy atom. The molecule has 29 heavy (non-hydrogen) atoms. The number of nitrogens with zero attached hydrogens (tertiary/aromatic N) is 6. The molecular formula is C21H33N7S. The fourth-order valence-corrected chi connectivity index (χ4v) is 5.18. The number of aromatic nitrogens is 3. The van der Waals surface area contributed by atoms with Crippen LogP contribution < -0.4 is 10.2 Å². The van der Waals surface area contributed by atoms with Crippen LogP contribution in [0.15, 0.2) is 29.1 Å². The summed E-state index contributed by atoms with van der Waals surface area (Å²) in [6.07, 6.45) is 10.5. The first-order valence-electron chi connectivity index (χ1n) is 10.9. The molecule has 1 N–H and O–H groups in total. The van der Waals surface area contributed by atoms with Gasteiger partial charge in [0.2, 0.25) is 0 Å². The summed E-state index contributed by atoms with van der Waals surface area (Å²) in [5, 5.41) is 6.88. The fourth-order valence-electron chi connectivity index (χ4n) is 4.26. The highest BCUT2D eigenvalue weighted by atomic mass is 32.1. The number of rotatable bonds is 6. The third kappa shape index (κ3) is 4.91. The van der Waals surface area contributed by atoms with Gasteiger partial charge in [-0.1, -0.05) is 6.92 Å². The molecule has 4 rings (SSSR count). The van der Waals surface area contributed by atoms with Crippen LogP contribution in [-0.2, 0) is 6.42 Å². The molecule has 158 valence electrons. The summed E-state index contributed by atoms with van der Waals surface area (Å²) >= 11 is 1.77. The van der Waals surface area contributed by atoms with Gasteiger partial charge in [0.05, 0.1) is 18.1 Å². The van der Waals surface area contributed by atoms with Crippen molar-refractivity contribution in [3.8, 4) is 0 Å². The molecule has 0 amide bonds. The van der Waals surface area contributed by atoms with Gasteiger partial charge in [0, 0.05) is 63.5 Å². The zero-order valence-corrected chi connectivity index (χ0v) is 18.4. The first kappa shape index (κ1) is 20.2. The molecule has 2 aromatic rings. The number of hydrogen-bond donors (Lipinski definition) is 1. The smallest absolute Gasteiger partial charge is 0.193 e. The second kappa shape index (κ2) is 9.61. The summed E-state index contributed by atoms with van der Waals surface area (Å²) in [5.41, 5.74) is 1.17. The van der Waals surface area contributed by atoms with E-state index in [1.807, 2.05) is 12.5 Å². The van der Waals surface area contributed by atoms with Crippen LogP contribution in [-0.4, -0.2) is 64.7 Å². The number of guanidine groups is 1. The van der Waals surface area contributed by atoms with E-state index in [1.54, 1.807) is 11.3 Å². The largest absolute Gasteiger partial charge is 0.357 e. The van der Waals surface area contributed by atoms with Crippen LogP contribution in [0.25, 0.3) is 0 Å². The molecule has 7 nitrogen and oxygen atoms in total. The van der Waals surface area contributed by atoms with Crippen molar-refractivity contribution in [2.24, 2.45) is 10.9 Å². The lowest BCUT2D eigenvalue weighted by atomic mass is 9.93. The zero-order valence-electron chi connectivity index (χ0n) is 17.6. The molecule has 2 saturated heterocycles. The Labute approximate surface area is 177 Å². The molecule has 2 fully saturated rings. The number of nitrogens with one attached hydrogen (secondary N) is 1. The van der Waals surface area contributed by atoms with Crippen LogP contribution in [0.4, 0.5) is 5.13 Å². The van der Waals surface area contributed by atoms with Gasteiger partial charge in [0.25, 0.3) is 0 Å². The second-order valence-corrected chi connectivity index (χ2v) is 8.93. The van der Waals surface area contributed by atoms with E-state index in [9.17, 15) is 0 Å². The average Bonchev–Trinajstić information content (AvgIpc) is 3.49. The summed E-state index contributed by atoms with van der Waals surface area (Å²) < 4.78 is 2.25. The summed E-state index contributed by atoms with van der Waals surface area (Å²) in [6, 6.07) is 0.441. The first-order chi connectivity index (χ1) is 14.2. The van der Waals surface area contributed by atoms with Gasteiger partial charge < -0.3 is 19.7 Å². The van der Waals surface area contributed by atoms with Gasteiger partial charge in [0.15, 0.2) is 11.1 Å². The van der Waals surface area contributed by atoms with Crippen LogP contribution >= 0.6 is 11.3 Å². The first-order valence-corrected chi connectivity index (χ1v) is 11.8. The normalized spacial score (nSPS) is 23.0. The fraction of sp³-hybridized carbons (Fsp3) is 0.667. The maximum atomic E-state index is 4.94. The van der Waals surface area contributed by atoms with Gasteiger partial charge in [-0.2, -0.15) is 0 Å². The molecule has 0 aromatic carbocycles. The minimum Gasteiger partial charge on any atom is -0.357 e. The number of likely N-dealkylation sites (tertiary alicyclic amines) is 1. The van der Waals surface area contributed by atoms with Crippen molar-refractivity contribution >= 4 is 22.4 Å². The predicted octanol–water partition coefficient (Wildman–Crippen LogP) is 3.03. The van der Waals surface area contributed by atoms with Crippen LogP contribution in [0.1, 0.15) is 44.8 Å². The molecular weight excluding hydrogens is 382 g/mol.